The fourth-order valence-electron chi connectivity index (χ4n) is 2.01. The number of hydrogen-bond acceptors (Lipinski definition) is 1. The quantitative estimate of drug-likeness (QED) is 0.641. The Balaban J connectivity index is 2.33. The van der Waals surface area contributed by atoms with E-state index in [9.17, 15) is 5.11 Å². The molecule has 0 aliphatic heterocycles. The first-order chi connectivity index (χ1) is 4.68. The third-order valence-electron chi connectivity index (χ3n) is 2.89. The highest BCUT2D eigenvalue weighted by molar-refractivity contribution is 4.87. The van der Waals surface area contributed by atoms with Crippen molar-refractivity contribution in [3.05, 3.63) is 0 Å². The lowest BCUT2D eigenvalue weighted by Crippen LogP contribution is -2.31. The van der Waals surface area contributed by atoms with Crippen molar-refractivity contribution >= 4 is 0 Å². The lowest BCUT2D eigenvalue weighted by Gasteiger charge is -2.42. The van der Waals surface area contributed by atoms with Crippen molar-refractivity contribution in [3.63, 3.8) is 0 Å². The largest absolute Gasteiger partial charge is 0.393 e. The summed E-state index contributed by atoms with van der Waals surface area (Å²) in [5.41, 5.74) is 0.536. The maximum atomic E-state index is 9.18. The Labute approximate surface area is 63.4 Å². The molecule has 0 amide bonds. The van der Waals surface area contributed by atoms with Gasteiger partial charge in [0.2, 0.25) is 0 Å². The van der Waals surface area contributed by atoms with E-state index in [1.807, 2.05) is 6.92 Å². The number of rotatable bonds is 3. The molecule has 1 rings (SSSR count). The van der Waals surface area contributed by atoms with Gasteiger partial charge in [0.1, 0.15) is 0 Å². The summed E-state index contributed by atoms with van der Waals surface area (Å²) in [6.07, 6.45) is 6.23. The third-order valence-corrected chi connectivity index (χ3v) is 2.89. The number of aliphatic hydroxyl groups is 1. The minimum absolute atomic E-state index is 0.0970. The van der Waals surface area contributed by atoms with Crippen molar-refractivity contribution in [2.45, 2.75) is 52.1 Å². The summed E-state index contributed by atoms with van der Waals surface area (Å²) in [6.45, 7) is 4.14. The van der Waals surface area contributed by atoms with E-state index in [-0.39, 0.29) is 6.10 Å². The molecule has 0 heterocycles. The standard InChI is InChI=1S/C9H18O/c1-3-9(5-4-6-9)7-8(2)10/h8,10H,3-7H2,1-2H3. The van der Waals surface area contributed by atoms with Crippen LogP contribution >= 0.6 is 0 Å². The second-order valence-corrected chi connectivity index (χ2v) is 3.76. The highest BCUT2D eigenvalue weighted by atomic mass is 16.3. The Morgan fingerprint density at radius 1 is 1.50 bits per heavy atom. The molecule has 1 nitrogen and oxygen atoms in total. The predicted octanol–water partition coefficient (Wildman–Crippen LogP) is 2.34. The molecule has 1 saturated carbocycles. The van der Waals surface area contributed by atoms with Gasteiger partial charge >= 0.3 is 0 Å². The van der Waals surface area contributed by atoms with Crippen molar-refractivity contribution in [2.24, 2.45) is 5.41 Å². The lowest BCUT2D eigenvalue weighted by molar-refractivity contribution is 0.0455. The number of aliphatic hydroxyl groups excluding tert-OH is 1. The van der Waals surface area contributed by atoms with E-state index in [2.05, 4.69) is 6.92 Å². The summed E-state index contributed by atoms with van der Waals surface area (Å²) in [5.74, 6) is 0. The van der Waals surface area contributed by atoms with E-state index >= 15 is 0 Å². The maximum Gasteiger partial charge on any atom is 0.0517 e. The van der Waals surface area contributed by atoms with Crippen LogP contribution in [0.3, 0.4) is 0 Å². The van der Waals surface area contributed by atoms with Gasteiger partial charge in [-0.3, -0.25) is 0 Å². The van der Waals surface area contributed by atoms with Gasteiger partial charge in [-0.05, 0) is 31.6 Å². The summed E-state index contributed by atoms with van der Waals surface area (Å²) in [5, 5.41) is 9.18. The van der Waals surface area contributed by atoms with Gasteiger partial charge in [0.25, 0.3) is 0 Å². The fraction of sp³-hybridized carbons (Fsp3) is 1.00. The summed E-state index contributed by atoms with van der Waals surface area (Å²) in [6, 6.07) is 0. The Bertz CT molecular complexity index is 97.8. The molecule has 0 aromatic carbocycles. The highest BCUT2D eigenvalue weighted by Gasteiger charge is 2.35. The zero-order chi connectivity index (χ0) is 7.61. The molecular formula is C9H18O. The number of hydrogen-bond donors (Lipinski definition) is 1. The van der Waals surface area contributed by atoms with E-state index in [1.54, 1.807) is 0 Å². The third kappa shape index (κ3) is 1.51. The first-order valence-corrected chi connectivity index (χ1v) is 4.37. The average Bonchev–Trinajstić information content (AvgIpc) is 1.78. The normalized spacial score (nSPS) is 25.5. The van der Waals surface area contributed by atoms with Gasteiger partial charge in [-0.2, -0.15) is 0 Å². The molecule has 0 saturated heterocycles. The minimum Gasteiger partial charge on any atom is -0.393 e. The van der Waals surface area contributed by atoms with Crippen LogP contribution in [0.2, 0.25) is 0 Å². The molecule has 0 bridgehead atoms. The van der Waals surface area contributed by atoms with Gasteiger partial charge in [-0.15, -0.1) is 0 Å². The summed E-state index contributed by atoms with van der Waals surface area (Å²) in [7, 11) is 0. The molecule has 1 unspecified atom stereocenters. The van der Waals surface area contributed by atoms with Crippen LogP contribution in [0.5, 0.6) is 0 Å². The fourth-order valence-corrected chi connectivity index (χ4v) is 2.01. The van der Waals surface area contributed by atoms with Gasteiger partial charge < -0.3 is 5.11 Å². The van der Waals surface area contributed by atoms with Gasteiger partial charge in [-0.25, -0.2) is 0 Å². The maximum absolute atomic E-state index is 9.18. The molecule has 1 atom stereocenters. The average molecular weight is 142 g/mol. The predicted molar refractivity (Wildman–Crippen MR) is 42.9 cm³/mol. The zero-order valence-corrected chi connectivity index (χ0v) is 7.06. The van der Waals surface area contributed by atoms with Crippen LogP contribution in [0.1, 0.15) is 46.0 Å². The Hall–Kier alpha value is -0.0400. The topological polar surface area (TPSA) is 20.2 Å². The van der Waals surface area contributed by atoms with Gasteiger partial charge in [0.05, 0.1) is 6.10 Å². The molecule has 1 fully saturated rings. The van der Waals surface area contributed by atoms with Crippen molar-refractivity contribution in [1.82, 2.24) is 0 Å². The van der Waals surface area contributed by atoms with Gasteiger partial charge in [0, 0.05) is 0 Å². The molecule has 0 aromatic rings. The monoisotopic (exact) mass is 142 g/mol. The molecule has 1 heteroatoms. The Morgan fingerprint density at radius 2 is 2.10 bits per heavy atom. The van der Waals surface area contributed by atoms with E-state index in [0.29, 0.717) is 5.41 Å². The molecular weight excluding hydrogens is 124 g/mol. The summed E-state index contributed by atoms with van der Waals surface area (Å²) >= 11 is 0. The smallest absolute Gasteiger partial charge is 0.0517 e. The molecule has 0 spiro atoms. The van der Waals surface area contributed by atoms with E-state index in [4.69, 9.17) is 0 Å². The van der Waals surface area contributed by atoms with E-state index in [1.165, 1.54) is 25.7 Å². The van der Waals surface area contributed by atoms with Crippen LogP contribution in [0.25, 0.3) is 0 Å². The second-order valence-electron chi connectivity index (χ2n) is 3.76. The molecule has 0 radical (unpaired) electrons. The van der Waals surface area contributed by atoms with Gasteiger partial charge in [-0.1, -0.05) is 19.8 Å². The van der Waals surface area contributed by atoms with Gasteiger partial charge in [0.15, 0.2) is 0 Å². The van der Waals surface area contributed by atoms with Crippen LogP contribution < -0.4 is 0 Å². The lowest BCUT2D eigenvalue weighted by atomic mass is 9.64. The Morgan fingerprint density at radius 3 is 2.20 bits per heavy atom. The molecule has 1 aliphatic carbocycles. The van der Waals surface area contributed by atoms with Crippen molar-refractivity contribution in [1.29, 1.82) is 0 Å². The van der Waals surface area contributed by atoms with E-state index in [0.717, 1.165) is 6.42 Å². The molecule has 1 aliphatic rings. The molecule has 1 N–H and O–H groups in total. The van der Waals surface area contributed by atoms with E-state index < -0.39 is 0 Å². The molecule has 60 valence electrons. The van der Waals surface area contributed by atoms with Crippen LogP contribution in [0.15, 0.2) is 0 Å². The van der Waals surface area contributed by atoms with Crippen LogP contribution in [-0.2, 0) is 0 Å². The van der Waals surface area contributed by atoms with Crippen LogP contribution in [0, 0.1) is 5.41 Å². The zero-order valence-electron chi connectivity index (χ0n) is 7.06. The van der Waals surface area contributed by atoms with Crippen LogP contribution in [0.4, 0.5) is 0 Å². The second kappa shape index (κ2) is 2.91. The minimum atomic E-state index is -0.0970. The first kappa shape index (κ1) is 8.06. The summed E-state index contributed by atoms with van der Waals surface area (Å²) < 4.78 is 0. The molecule has 0 aromatic heterocycles. The Kier molecular flexibility index (Phi) is 2.35. The highest BCUT2D eigenvalue weighted by Crippen LogP contribution is 2.47. The first-order valence-electron chi connectivity index (χ1n) is 4.37. The van der Waals surface area contributed by atoms with Crippen molar-refractivity contribution in [2.75, 3.05) is 0 Å². The van der Waals surface area contributed by atoms with Crippen molar-refractivity contribution < 1.29 is 5.11 Å². The van der Waals surface area contributed by atoms with Crippen LogP contribution in [-0.4, -0.2) is 11.2 Å². The molecule has 10 heavy (non-hydrogen) atoms. The summed E-state index contributed by atoms with van der Waals surface area (Å²) in [4.78, 5) is 0. The van der Waals surface area contributed by atoms with Crippen molar-refractivity contribution in [3.8, 4) is 0 Å². The SMILES string of the molecule is CCC1(CC(C)O)CCC1.